The van der Waals surface area contributed by atoms with Crippen molar-refractivity contribution >= 4 is 50.8 Å². The molecule has 0 aliphatic heterocycles. The molecule has 0 saturated heterocycles. The zero-order valence-electron chi connectivity index (χ0n) is 30.4. The molecule has 1 aromatic heterocycles. The Morgan fingerprint density at radius 3 is 1.77 bits per heavy atom. The minimum atomic E-state index is -0.783. The monoisotopic (exact) mass is 692 g/mol. The summed E-state index contributed by atoms with van der Waals surface area (Å²) in [5.74, 6) is -0.687. The first-order valence-corrected chi connectivity index (χ1v) is 18.3. The highest BCUT2D eigenvalue weighted by Gasteiger charge is 2.38. The molecule has 3 atom stereocenters. The fraction of sp³-hybridized carbons (Fsp3) is 0.261. The van der Waals surface area contributed by atoms with E-state index in [0.717, 1.165) is 36.0 Å². The van der Waals surface area contributed by atoms with Gasteiger partial charge in [-0.1, -0.05) is 98.4 Å². The van der Waals surface area contributed by atoms with Gasteiger partial charge < -0.3 is 18.9 Å². The van der Waals surface area contributed by atoms with Gasteiger partial charge in [0, 0.05) is 51.0 Å². The summed E-state index contributed by atoms with van der Waals surface area (Å²) < 4.78 is 13.3. The van der Waals surface area contributed by atoms with Crippen molar-refractivity contribution < 1.29 is 19.1 Å². The van der Waals surface area contributed by atoms with Crippen molar-refractivity contribution in [2.45, 2.75) is 58.4 Å². The van der Waals surface area contributed by atoms with Gasteiger partial charge in [-0.15, -0.1) is 0 Å². The summed E-state index contributed by atoms with van der Waals surface area (Å²) >= 11 is 0. The number of ether oxygens (including phenoxy) is 2. The lowest BCUT2D eigenvalue weighted by Gasteiger charge is -2.33. The number of aromatic nitrogens is 1. The number of hydrogen-bond donors (Lipinski definition) is 0. The number of anilines is 3. The number of para-hydroxylation sites is 4. The molecule has 52 heavy (non-hydrogen) atoms. The zero-order chi connectivity index (χ0) is 36.5. The van der Waals surface area contributed by atoms with E-state index in [1.165, 1.54) is 27.4 Å². The van der Waals surface area contributed by atoms with Crippen LogP contribution in [0.15, 0.2) is 146 Å². The summed E-state index contributed by atoms with van der Waals surface area (Å²) in [7, 11) is 0. The van der Waals surface area contributed by atoms with E-state index in [0.29, 0.717) is 12.8 Å². The van der Waals surface area contributed by atoms with Crippen molar-refractivity contribution in [3.05, 3.63) is 152 Å². The Kier molecular flexibility index (Phi) is 11.5. The van der Waals surface area contributed by atoms with Gasteiger partial charge in [0.15, 0.2) is 0 Å². The van der Waals surface area contributed by atoms with Crippen LogP contribution in [-0.2, 0) is 19.1 Å². The first kappa shape index (κ1) is 36.2. The summed E-state index contributed by atoms with van der Waals surface area (Å²) in [6.07, 6.45) is 4.00. The van der Waals surface area contributed by atoms with E-state index in [4.69, 9.17) is 9.47 Å². The smallest absolute Gasteiger partial charge is 0.330 e. The molecule has 0 N–H and O–H groups in total. The second kappa shape index (κ2) is 16.6. The average molecular weight is 693 g/mol. The lowest BCUT2D eigenvalue weighted by atomic mass is 9.74. The van der Waals surface area contributed by atoms with Gasteiger partial charge in [-0.05, 0) is 99.5 Å². The molecule has 0 saturated carbocycles. The van der Waals surface area contributed by atoms with E-state index in [2.05, 4.69) is 151 Å². The minimum Gasteiger partial charge on any atom is -0.462 e. The quantitative estimate of drug-likeness (QED) is 0.0574. The molecule has 6 nitrogen and oxygen atoms in total. The first-order chi connectivity index (χ1) is 25.3. The fourth-order valence-electron chi connectivity index (χ4n) is 7.42. The molecule has 0 spiro atoms. The van der Waals surface area contributed by atoms with Gasteiger partial charge in [-0.25, -0.2) is 4.79 Å². The second-order valence-corrected chi connectivity index (χ2v) is 13.8. The van der Waals surface area contributed by atoms with Crippen LogP contribution < -0.4 is 4.90 Å². The summed E-state index contributed by atoms with van der Waals surface area (Å²) in [4.78, 5) is 27.9. The third-order valence-corrected chi connectivity index (χ3v) is 10.2. The summed E-state index contributed by atoms with van der Waals surface area (Å²) in [6, 6.07) is 46.7. The van der Waals surface area contributed by atoms with Crippen LogP contribution in [0.1, 0.15) is 64.0 Å². The SMILES string of the molecule is C=CC(=O)OCCOC(=O)C(C)(CCC(C)n1c2ccccc2c2ccccc21)CC(CC)c1ccc(N(c2ccccc2)c2ccccc2)cc1. The van der Waals surface area contributed by atoms with Crippen molar-refractivity contribution in [1.82, 2.24) is 4.57 Å². The molecule has 0 bridgehead atoms. The molecule has 0 aliphatic rings. The summed E-state index contributed by atoms with van der Waals surface area (Å²) in [5.41, 5.74) is 6.01. The van der Waals surface area contributed by atoms with Crippen LogP contribution in [0.5, 0.6) is 0 Å². The van der Waals surface area contributed by atoms with E-state index < -0.39 is 11.4 Å². The molecule has 3 unspecified atom stereocenters. The van der Waals surface area contributed by atoms with Crippen LogP contribution >= 0.6 is 0 Å². The molecular weight excluding hydrogens is 645 g/mol. The predicted molar refractivity (Wildman–Crippen MR) is 212 cm³/mol. The lowest BCUT2D eigenvalue weighted by molar-refractivity contribution is -0.160. The van der Waals surface area contributed by atoms with Gasteiger partial charge in [-0.2, -0.15) is 0 Å². The van der Waals surface area contributed by atoms with Crippen molar-refractivity contribution in [2.24, 2.45) is 5.41 Å². The number of carbonyl (C=O) groups is 2. The van der Waals surface area contributed by atoms with Crippen LogP contribution in [0.25, 0.3) is 21.8 Å². The number of rotatable bonds is 16. The van der Waals surface area contributed by atoms with Crippen molar-refractivity contribution in [3.8, 4) is 0 Å². The first-order valence-electron chi connectivity index (χ1n) is 18.3. The van der Waals surface area contributed by atoms with E-state index in [9.17, 15) is 9.59 Å². The Balaban J connectivity index is 1.26. The number of benzene rings is 5. The fourth-order valence-corrected chi connectivity index (χ4v) is 7.42. The highest BCUT2D eigenvalue weighted by Crippen LogP contribution is 2.42. The molecule has 6 rings (SSSR count). The Labute approximate surface area is 307 Å². The number of carbonyl (C=O) groups excluding carboxylic acids is 2. The highest BCUT2D eigenvalue weighted by atomic mass is 16.6. The van der Waals surface area contributed by atoms with E-state index in [1.54, 1.807) is 0 Å². The largest absolute Gasteiger partial charge is 0.462 e. The van der Waals surface area contributed by atoms with E-state index >= 15 is 0 Å². The van der Waals surface area contributed by atoms with Gasteiger partial charge in [-0.3, -0.25) is 4.79 Å². The number of hydrogen-bond acceptors (Lipinski definition) is 5. The molecule has 0 amide bonds. The summed E-state index contributed by atoms with van der Waals surface area (Å²) in [6.45, 7) is 9.88. The maximum atomic E-state index is 14.0. The van der Waals surface area contributed by atoms with Crippen LogP contribution in [0.3, 0.4) is 0 Å². The van der Waals surface area contributed by atoms with Crippen molar-refractivity contribution in [3.63, 3.8) is 0 Å². The van der Waals surface area contributed by atoms with Gasteiger partial charge in [0.1, 0.15) is 13.2 Å². The number of nitrogens with zero attached hydrogens (tertiary/aromatic N) is 2. The Morgan fingerprint density at radius 2 is 1.23 bits per heavy atom. The van der Waals surface area contributed by atoms with Crippen LogP contribution in [0.4, 0.5) is 17.1 Å². The topological polar surface area (TPSA) is 60.8 Å². The van der Waals surface area contributed by atoms with E-state index in [1.807, 2.05) is 19.1 Å². The molecular formula is C46H48N2O4. The van der Waals surface area contributed by atoms with Gasteiger partial charge in [0.25, 0.3) is 0 Å². The summed E-state index contributed by atoms with van der Waals surface area (Å²) in [5, 5.41) is 2.46. The maximum Gasteiger partial charge on any atom is 0.330 e. The number of esters is 2. The normalized spacial score (nSPS) is 13.6. The zero-order valence-corrected chi connectivity index (χ0v) is 30.4. The average Bonchev–Trinajstić information content (AvgIpc) is 3.53. The molecule has 1 heterocycles. The van der Waals surface area contributed by atoms with Crippen molar-refractivity contribution in [2.75, 3.05) is 18.1 Å². The van der Waals surface area contributed by atoms with E-state index in [-0.39, 0.29) is 31.1 Å². The standard InChI is InChI=1S/C46H48N2O4/c1-5-35(36-25-27-39(28-26-36)48(37-17-9-7-10-18-37)38-19-11-8-12-20-38)33-46(4,45(50)52-32-31-51-44(49)6-2)30-29-34(3)47-42-23-15-13-21-40(42)41-22-14-16-24-43(41)47/h6-28,34-35H,2,5,29-33H2,1,3-4H3. The van der Waals surface area contributed by atoms with Crippen LogP contribution in [0.2, 0.25) is 0 Å². The van der Waals surface area contributed by atoms with Crippen LogP contribution in [0, 0.1) is 5.41 Å². The minimum absolute atomic E-state index is 0.00325. The third-order valence-electron chi connectivity index (χ3n) is 10.2. The molecule has 6 heteroatoms. The lowest BCUT2D eigenvalue weighted by Crippen LogP contribution is -2.33. The third kappa shape index (κ3) is 7.97. The van der Waals surface area contributed by atoms with Gasteiger partial charge >= 0.3 is 11.9 Å². The van der Waals surface area contributed by atoms with Crippen LogP contribution in [-0.4, -0.2) is 29.7 Å². The van der Waals surface area contributed by atoms with Crippen molar-refractivity contribution in [1.29, 1.82) is 0 Å². The molecule has 266 valence electrons. The second-order valence-electron chi connectivity index (χ2n) is 13.8. The predicted octanol–water partition coefficient (Wildman–Crippen LogP) is 11.5. The molecule has 6 aromatic rings. The molecule has 0 radical (unpaired) electrons. The maximum absolute atomic E-state index is 14.0. The molecule has 0 aliphatic carbocycles. The Bertz CT molecular complexity index is 2010. The van der Waals surface area contributed by atoms with Gasteiger partial charge in [0.2, 0.25) is 0 Å². The van der Waals surface area contributed by atoms with Gasteiger partial charge in [0.05, 0.1) is 5.41 Å². The molecule has 0 fully saturated rings. The molecule has 5 aromatic carbocycles. The Hall–Kier alpha value is -5.62. The Morgan fingerprint density at radius 1 is 0.731 bits per heavy atom. The number of fused-ring (bicyclic) bond motifs is 3. The highest BCUT2D eigenvalue weighted by molar-refractivity contribution is 6.08.